The Morgan fingerprint density at radius 2 is 1.92 bits per heavy atom. The van der Waals surface area contributed by atoms with E-state index in [-0.39, 0.29) is 16.0 Å². The molecule has 1 heterocycles. The molecule has 0 aliphatic carbocycles. The van der Waals surface area contributed by atoms with E-state index in [2.05, 4.69) is 15.9 Å². The lowest BCUT2D eigenvalue weighted by Gasteiger charge is -2.25. The van der Waals surface area contributed by atoms with Crippen LogP contribution >= 0.6 is 27.5 Å². The lowest BCUT2D eigenvalue weighted by molar-refractivity contribution is 0.394. The van der Waals surface area contributed by atoms with Gasteiger partial charge in [0, 0.05) is 11.0 Å². The van der Waals surface area contributed by atoms with Gasteiger partial charge in [0.25, 0.3) is 0 Å². The van der Waals surface area contributed by atoms with Crippen LogP contribution in [0, 0.1) is 0 Å². The van der Waals surface area contributed by atoms with Crippen molar-refractivity contribution in [3.8, 4) is 5.75 Å². The molecule has 0 unspecified atom stereocenters. The summed E-state index contributed by atoms with van der Waals surface area (Å²) in [5, 5.41) is 0.227. The molecule has 0 saturated carbocycles. The number of methoxy groups -OCH3 is 1. The highest BCUT2D eigenvalue weighted by Crippen LogP contribution is 2.38. The largest absolute Gasteiger partial charge is 0.497 e. The van der Waals surface area contributed by atoms with Crippen LogP contribution in [0.25, 0.3) is 0 Å². The number of benzene rings is 2. The van der Waals surface area contributed by atoms with E-state index in [9.17, 15) is 8.42 Å². The maximum Gasteiger partial charge on any atom is 0.245 e. The van der Waals surface area contributed by atoms with E-state index in [0.717, 1.165) is 28.6 Å². The van der Waals surface area contributed by atoms with Crippen molar-refractivity contribution in [2.24, 2.45) is 0 Å². The first kappa shape index (κ1) is 17.7. The van der Waals surface area contributed by atoms with Crippen molar-refractivity contribution in [3.05, 3.63) is 57.5 Å². The summed E-state index contributed by atoms with van der Waals surface area (Å²) in [4.78, 5) is 0.146. The van der Waals surface area contributed by atoms with E-state index in [1.165, 1.54) is 0 Å². The molecule has 2 aromatic carbocycles. The third-order valence-corrected chi connectivity index (χ3v) is 7.07. The summed E-state index contributed by atoms with van der Waals surface area (Å²) in [6.45, 7) is 0.491. The Kier molecular flexibility index (Phi) is 5.20. The average Bonchev–Trinajstić information content (AvgIpc) is 3.05. The molecule has 1 aliphatic rings. The number of hydrogen-bond donors (Lipinski definition) is 0. The fourth-order valence-electron chi connectivity index (χ4n) is 3.00. The molecule has 7 heteroatoms. The molecular weight excluding hydrogens is 414 g/mol. The fourth-order valence-corrected chi connectivity index (χ4v) is 5.69. The minimum absolute atomic E-state index is 0.146. The SMILES string of the molecule is COc1ccc([C@@H]2CCCN2S(=O)(=O)c2ccc(Br)cc2Cl)cc1. The van der Waals surface area contributed by atoms with E-state index in [1.54, 1.807) is 29.6 Å². The summed E-state index contributed by atoms with van der Waals surface area (Å²) in [6, 6.07) is 12.2. The molecule has 0 bridgehead atoms. The molecule has 1 atom stereocenters. The van der Waals surface area contributed by atoms with Gasteiger partial charge in [-0.3, -0.25) is 0 Å². The highest BCUT2D eigenvalue weighted by molar-refractivity contribution is 9.10. The third-order valence-electron chi connectivity index (χ3n) is 4.18. The maximum atomic E-state index is 13.1. The van der Waals surface area contributed by atoms with Gasteiger partial charge in [-0.1, -0.05) is 39.7 Å². The van der Waals surface area contributed by atoms with Crippen LogP contribution in [0.1, 0.15) is 24.4 Å². The molecule has 0 N–H and O–H groups in total. The molecule has 0 aromatic heterocycles. The first-order valence-electron chi connectivity index (χ1n) is 7.54. The van der Waals surface area contributed by atoms with Crippen LogP contribution in [0.2, 0.25) is 5.02 Å². The van der Waals surface area contributed by atoms with Gasteiger partial charge in [-0.15, -0.1) is 0 Å². The van der Waals surface area contributed by atoms with E-state index < -0.39 is 10.0 Å². The maximum absolute atomic E-state index is 13.1. The first-order chi connectivity index (χ1) is 11.4. The van der Waals surface area contributed by atoms with Crippen molar-refractivity contribution in [2.75, 3.05) is 13.7 Å². The molecule has 24 heavy (non-hydrogen) atoms. The molecule has 0 amide bonds. The monoisotopic (exact) mass is 429 g/mol. The van der Waals surface area contributed by atoms with E-state index in [0.29, 0.717) is 6.54 Å². The fraction of sp³-hybridized carbons (Fsp3) is 0.294. The second-order valence-corrected chi connectivity index (χ2v) is 8.80. The summed E-state index contributed by atoms with van der Waals surface area (Å²) < 4.78 is 33.6. The topological polar surface area (TPSA) is 46.6 Å². The second kappa shape index (κ2) is 7.04. The average molecular weight is 431 g/mol. The predicted octanol–water partition coefficient (Wildman–Crippen LogP) is 4.64. The van der Waals surface area contributed by atoms with E-state index in [4.69, 9.17) is 16.3 Å². The molecule has 4 nitrogen and oxygen atoms in total. The number of ether oxygens (including phenoxy) is 1. The number of sulfonamides is 1. The normalized spacial score (nSPS) is 18.7. The molecule has 0 radical (unpaired) electrons. The highest BCUT2D eigenvalue weighted by atomic mass is 79.9. The zero-order valence-corrected chi connectivity index (χ0v) is 16.2. The van der Waals surface area contributed by atoms with Crippen LogP contribution in [0.4, 0.5) is 0 Å². The van der Waals surface area contributed by atoms with Crippen molar-refractivity contribution in [1.29, 1.82) is 0 Å². The van der Waals surface area contributed by atoms with Crippen molar-refractivity contribution in [2.45, 2.75) is 23.8 Å². The minimum atomic E-state index is -3.65. The van der Waals surface area contributed by atoms with Gasteiger partial charge in [-0.05, 0) is 48.7 Å². The van der Waals surface area contributed by atoms with Gasteiger partial charge in [0.1, 0.15) is 10.6 Å². The van der Waals surface area contributed by atoms with Crippen LogP contribution < -0.4 is 4.74 Å². The quantitative estimate of drug-likeness (QED) is 0.710. The summed E-state index contributed by atoms with van der Waals surface area (Å²) in [6.07, 6.45) is 1.61. The van der Waals surface area contributed by atoms with Crippen LogP contribution in [-0.4, -0.2) is 26.4 Å². The van der Waals surface area contributed by atoms with Crippen LogP contribution in [-0.2, 0) is 10.0 Å². The van der Waals surface area contributed by atoms with Gasteiger partial charge in [0.15, 0.2) is 0 Å². The van der Waals surface area contributed by atoms with Gasteiger partial charge in [-0.2, -0.15) is 4.31 Å². The summed E-state index contributed by atoms with van der Waals surface area (Å²) in [5.41, 5.74) is 0.963. The Balaban J connectivity index is 1.96. The lowest BCUT2D eigenvalue weighted by Crippen LogP contribution is -2.30. The smallest absolute Gasteiger partial charge is 0.245 e. The first-order valence-corrected chi connectivity index (χ1v) is 10.2. The number of hydrogen-bond acceptors (Lipinski definition) is 3. The summed E-state index contributed by atoms with van der Waals surface area (Å²) in [7, 11) is -2.04. The molecular formula is C17H17BrClNO3S. The molecule has 1 fully saturated rings. The van der Waals surface area contributed by atoms with Gasteiger partial charge in [0.05, 0.1) is 18.2 Å². The zero-order valence-electron chi connectivity index (χ0n) is 13.1. The Hall–Kier alpha value is -1.08. The molecule has 2 aromatic rings. The number of halogens is 2. The summed E-state index contributed by atoms with van der Waals surface area (Å²) >= 11 is 9.48. The molecule has 1 aliphatic heterocycles. The van der Waals surface area contributed by atoms with Crippen LogP contribution in [0.5, 0.6) is 5.75 Å². The van der Waals surface area contributed by atoms with E-state index in [1.807, 2.05) is 24.3 Å². The van der Waals surface area contributed by atoms with Crippen molar-refractivity contribution >= 4 is 37.6 Å². The van der Waals surface area contributed by atoms with Crippen molar-refractivity contribution in [3.63, 3.8) is 0 Å². The van der Waals surface area contributed by atoms with Gasteiger partial charge < -0.3 is 4.74 Å². The summed E-state index contributed by atoms with van der Waals surface area (Å²) in [5.74, 6) is 0.752. The number of nitrogens with zero attached hydrogens (tertiary/aromatic N) is 1. The molecule has 0 spiro atoms. The van der Waals surface area contributed by atoms with Gasteiger partial charge >= 0.3 is 0 Å². The second-order valence-electron chi connectivity index (χ2n) is 5.62. The zero-order chi connectivity index (χ0) is 17.3. The van der Waals surface area contributed by atoms with Crippen molar-refractivity contribution in [1.82, 2.24) is 4.31 Å². The Morgan fingerprint density at radius 3 is 2.54 bits per heavy atom. The third kappa shape index (κ3) is 3.33. The molecule has 128 valence electrons. The lowest BCUT2D eigenvalue weighted by atomic mass is 10.1. The predicted molar refractivity (Wildman–Crippen MR) is 98.0 cm³/mol. The molecule has 1 saturated heterocycles. The van der Waals surface area contributed by atoms with Crippen LogP contribution in [0.15, 0.2) is 51.8 Å². The number of rotatable bonds is 4. The Bertz CT molecular complexity index is 839. The Labute approximate surface area is 155 Å². The Morgan fingerprint density at radius 1 is 1.21 bits per heavy atom. The van der Waals surface area contributed by atoms with Gasteiger partial charge in [0.2, 0.25) is 10.0 Å². The van der Waals surface area contributed by atoms with E-state index >= 15 is 0 Å². The highest BCUT2D eigenvalue weighted by Gasteiger charge is 2.37. The van der Waals surface area contributed by atoms with Crippen molar-refractivity contribution < 1.29 is 13.2 Å². The molecule has 3 rings (SSSR count). The minimum Gasteiger partial charge on any atom is -0.497 e. The van der Waals surface area contributed by atoms with Crippen LogP contribution in [0.3, 0.4) is 0 Å². The van der Waals surface area contributed by atoms with Gasteiger partial charge in [-0.25, -0.2) is 8.42 Å². The standard InChI is InChI=1S/C17H17BrClNO3S/c1-23-14-7-4-12(5-8-14)16-3-2-10-20(16)24(21,22)17-9-6-13(18)11-15(17)19/h4-9,11,16H,2-3,10H2,1H3/t16-/m0/s1.